The van der Waals surface area contributed by atoms with Crippen LogP contribution in [0.25, 0.3) is 0 Å². The van der Waals surface area contributed by atoms with Crippen molar-refractivity contribution in [2.24, 2.45) is 0 Å². The number of nitrogens with zero attached hydrogens (tertiary/aromatic N) is 2. The van der Waals surface area contributed by atoms with Gasteiger partial charge in [0.25, 0.3) is 0 Å². The summed E-state index contributed by atoms with van der Waals surface area (Å²) in [6.07, 6.45) is 0.881. The average Bonchev–Trinajstić information content (AvgIpc) is 2.38. The fraction of sp³-hybridized carbons (Fsp3) is 0.429. The Morgan fingerprint density at radius 3 is 2.50 bits per heavy atom. The van der Waals surface area contributed by atoms with E-state index in [-0.39, 0.29) is 11.6 Å². The SMILES string of the molecule is CN(C)CCCN(C)C(=O)Nc1cccc(C(=O)O)c1. The van der Waals surface area contributed by atoms with Crippen LogP contribution in [0.5, 0.6) is 0 Å². The molecule has 110 valence electrons. The largest absolute Gasteiger partial charge is 0.478 e. The summed E-state index contributed by atoms with van der Waals surface area (Å²) in [6, 6.07) is 5.95. The zero-order chi connectivity index (χ0) is 15.1. The number of carboxylic acids is 1. The number of urea groups is 1. The van der Waals surface area contributed by atoms with Gasteiger partial charge in [-0.1, -0.05) is 6.07 Å². The first-order chi connectivity index (χ1) is 9.40. The topological polar surface area (TPSA) is 72.9 Å². The van der Waals surface area contributed by atoms with Crippen molar-refractivity contribution in [1.82, 2.24) is 9.80 Å². The van der Waals surface area contributed by atoms with Crippen LogP contribution in [0.1, 0.15) is 16.8 Å². The van der Waals surface area contributed by atoms with Crippen LogP contribution < -0.4 is 5.32 Å². The Kier molecular flexibility index (Phi) is 5.99. The zero-order valence-electron chi connectivity index (χ0n) is 12.1. The predicted molar refractivity (Wildman–Crippen MR) is 78.2 cm³/mol. The molecule has 2 amide bonds. The number of hydrogen-bond acceptors (Lipinski definition) is 3. The quantitative estimate of drug-likeness (QED) is 0.833. The van der Waals surface area contributed by atoms with E-state index in [1.54, 1.807) is 24.1 Å². The van der Waals surface area contributed by atoms with Gasteiger partial charge in [-0.25, -0.2) is 9.59 Å². The molecule has 0 saturated heterocycles. The van der Waals surface area contributed by atoms with Gasteiger partial charge in [-0.15, -0.1) is 0 Å². The summed E-state index contributed by atoms with van der Waals surface area (Å²) in [5.41, 5.74) is 0.632. The van der Waals surface area contributed by atoms with Crippen LogP contribution in [0.2, 0.25) is 0 Å². The van der Waals surface area contributed by atoms with E-state index >= 15 is 0 Å². The summed E-state index contributed by atoms with van der Waals surface area (Å²) in [5.74, 6) is -1.01. The Hall–Kier alpha value is -2.08. The van der Waals surface area contributed by atoms with Gasteiger partial charge in [0.1, 0.15) is 0 Å². The second kappa shape index (κ2) is 7.49. The first kappa shape index (κ1) is 16.0. The number of aromatic carboxylic acids is 1. The molecule has 2 N–H and O–H groups in total. The fourth-order valence-electron chi connectivity index (χ4n) is 1.67. The van der Waals surface area contributed by atoms with Gasteiger partial charge in [0.2, 0.25) is 0 Å². The second-order valence-electron chi connectivity index (χ2n) is 4.89. The zero-order valence-corrected chi connectivity index (χ0v) is 12.1. The molecule has 1 aromatic carbocycles. The maximum absolute atomic E-state index is 11.9. The molecule has 0 aliphatic carbocycles. The Balaban J connectivity index is 2.52. The molecule has 0 aliphatic heterocycles. The minimum atomic E-state index is -1.01. The van der Waals surface area contributed by atoms with Crippen LogP contribution in [0, 0.1) is 0 Å². The standard InChI is InChI=1S/C14H21N3O3/c1-16(2)8-5-9-17(3)14(20)15-12-7-4-6-11(10-12)13(18)19/h4,6-7,10H,5,8-9H2,1-3H3,(H,15,20)(H,18,19). The third-order valence-electron chi connectivity index (χ3n) is 2.81. The van der Waals surface area contributed by atoms with E-state index in [1.165, 1.54) is 12.1 Å². The van der Waals surface area contributed by atoms with Crippen LogP contribution in [-0.2, 0) is 0 Å². The number of hydrogen-bond donors (Lipinski definition) is 2. The van der Waals surface area contributed by atoms with Crippen molar-refractivity contribution >= 4 is 17.7 Å². The van der Waals surface area contributed by atoms with Crippen LogP contribution >= 0.6 is 0 Å². The third-order valence-corrected chi connectivity index (χ3v) is 2.81. The molecule has 20 heavy (non-hydrogen) atoms. The van der Waals surface area contributed by atoms with E-state index in [0.717, 1.165) is 13.0 Å². The number of carbonyl (C=O) groups is 2. The molecular formula is C14H21N3O3. The average molecular weight is 279 g/mol. The van der Waals surface area contributed by atoms with Gasteiger partial charge in [0.05, 0.1) is 5.56 Å². The second-order valence-corrected chi connectivity index (χ2v) is 4.89. The lowest BCUT2D eigenvalue weighted by Crippen LogP contribution is -2.33. The monoisotopic (exact) mass is 279 g/mol. The smallest absolute Gasteiger partial charge is 0.335 e. The lowest BCUT2D eigenvalue weighted by molar-refractivity contribution is 0.0697. The van der Waals surface area contributed by atoms with Crippen LogP contribution in [-0.4, -0.2) is 61.1 Å². The molecular weight excluding hydrogens is 258 g/mol. The highest BCUT2D eigenvalue weighted by atomic mass is 16.4. The number of anilines is 1. The first-order valence-corrected chi connectivity index (χ1v) is 6.40. The number of amides is 2. The van der Waals surface area contributed by atoms with Crippen LogP contribution in [0.15, 0.2) is 24.3 Å². The molecule has 0 aromatic heterocycles. The highest BCUT2D eigenvalue weighted by Crippen LogP contribution is 2.11. The molecule has 0 atom stereocenters. The highest BCUT2D eigenvalue weighted by Gasteiger charge is 2.10. The number of benzene rings is 1. The van der Waals surface area contributed by atoms with Crippen molar-refractivity contribution in [1.29, 1.82) is 0 Å². The van der Waals surface area contributed by atoms with Crippen molar-refractivity contribution in [2.45, 2.75) is 6.42 Å². The van der Waals surface area contributed by atoms with E-state index in [1.807, 2.05) is 14.1 Å². The van der Waals surface area contributed by atoms with Gasteiger partial charge >= 0.3 is 12.0 Å². The van der Waals surface area contributed by atoms with Gasteiger partial charge in [-0.3, -0.25) is 0 Å². The van der Waals surface area contributed by atoms with Gasteiger partial charge in [0, 0.05) is 19.3 Å². The highest BCUT2D eigenvalue weighted by molar-refractivity contribution is 5.93. The van der Waals surface area contributed by atoms with Gasteiger partial charge in [-0.05, 0) is 45.3 Å². The van der Waals surface area contributed by atoms with Crippen LogP contribution in [0.3, 0.4) is 0 Å². The summed E-state index contributed by atoms with van der Waals surface area (Å²) >= 11 is 0. The normalized spacial score (nSPS) is 10.4. The summed E-state index contributed by atoms with van der Waals surface area (Å²) in [5, 5.41) is 11.6. The van der Waals surface area contributed by atoms with E-state index in [2.05, 4.69) is 10.2 Å². The van der Waals surface area contributed by atoms with E-state index in [9.17, 15) is 9.59 Å². The fourth-order valence-corrected chi connectivity index (χ4v) is 1.67. The van der Waals surface area contributed by atoms with Crippen molar-refractivity contribution in [3.63, 3.8) is 0 Å². The van der Waals surface area contributed by atoms with Crippen molar-refractivity contribution in [3.8, 4) is 0 Å². The number of nitrogens with one attached hydrogen (secondary N) is 1. The van der Waals surface area contributed by atoms with E-state index in [4.69, 9.17) is 5.11 Å². The predicted octanol–water partition coefficient (Wildman–Crippen LogP) is 1.80. The lowest BCUT2D eigenvalue weighted by atomic mass is 10.2. The molecule has 1 aromatic rings. The van der Waals surface area contributed by atoms with Crippen molar-refractivity contribution < 1.29 is 14.7 Å². The number of carbonyl (C=O) groups excluding carboxylic acids is 1. The number of rotatable bonds is 6. The van der Waals surface area contributed by atoms with Gasteiger partial charge in [-0.2, -0.15) is 0 Å². The molecule has 0 bridgehead atoms. The molecule has 0 saturated carbocycles. The van der Waals surface area contributed by atoms with Gasteiger partial charge < -0.3 is 20.2 Å². The molecule has 1 rings (SSSR count). The lowest BCUT2D eigenvalue weighted by Gasteiger charge is -2.19. The van der Waals surface area contributed by atoms with Crippen molar-refractivity contribution in [3.05, 3.63) is 29.8 Å². The minimum absolute atomic E-state index is 0.151. The molecule has 0 unspecified atom stereocenters. The molecule has 6 nitrogen and oxygen atoms in total. The summed E-state index contributed by atoms with van der Waals surface area (Å²) in [7, 11) is 5.68. The molecule has 6 heteroatoms. The molecule has 0 fully saturated rings. The Morgan fingerprint density at radius 1 is 1.20 bits per heavy atom. The van der Waals surface area contributed by atoms with Crippen molar-refractivity contribution in [2.75, 3.05) is 39.5 Å². The Labute approximate surface area is 119 Å². The van der Waals surface area contributed by atoms with E-state index < -0.39 is 5.97 Å². The summed E-state index contributed by atoms with van der Waals surface area (Å²) in [4.78, 5) is 26.4. The number of carboxylic acid groups (broad SMARTS) is 1. The minimum Gasteiger partial charge on any atom is -0.478 e. The maximum atomic E-state index is 11.9. The molecule has 0 radical (unpaired) electrons. The summed E-state index contributed by atoms with van der Waals surface area (Å²) in [6.45, 7) is 1.55. The maximum Gasteiger partial charge on any atom is 0.335 e. The Bertz CT molecular complexity index is 474. The molecule has 0 spiro atoms. The Morgan fingerprint density at radius 2 is 1.90 bits per heavy atom. The molecule has 0 aliphatic rings. The molecule has 0 heterocycles. The summed E-state index contributed by atoms with van der Waals surface area (Å²) < 4.78 is 0. The first-order valence-electron chi connectivity index (χ1n) is 6.40. The third kappa shape index (κ3) is 5.27. The van der Waals surface area contributed by atoms with E-state index in [0.29, 0.717) is 12.2 Å². The van der Waals surface area contributed by atoms with Gasteiger partial charge in [0.15, 0.2) is 0 Å². The van der Waals surface area contributed by atoms with Crippen LogP contribution in [0.4, 0.5) is 10.5 Å².